The molecule has 1 aliphatic heterocycles. The van der Waals surface area contributed by atoms with Crippen molar-refractivity contribution >= 4 is 38.5 Å². The summed E-state index contributed by atoms with van der Waals surface area (Å²) in [7, 11) is -3.58. The summed E-state index contributed by atoms with van der Waals surface area (Å²) in [5.41, 5.74) is 1.84. The van der Waals surface area contributed by atoms with Crippen LogP contribution in [0.5, 0.6) is 0 Å². The zero-order valence-electron chi connectivity index (χ0n) is 23.8. The van der Waals surface area contributed by atoms with Gasteiger partial charge in [-0.3, -0.25) is 19.4 Å². The van der Waals surface area contributed by atoms with Gasteiger partial charge in [0.15, 0.2) is 9.84 Å². The summed E-state index contributed by atoms with van der Waals surface area (Å²) in [4.78, 5) is 48.1. The number of benzene rings is 2. The minimum atomic E-state index is -3.58. The monoisotopic (exact) mass is 621 g/mol. The fourth-order valence-corrected chi connectivity index (χ4v) is 6.89. The molecule has 4 aromatic rings. The van der Waals surface area contributed by atoms with Crippen LogP contribution in [0.2, 0.25) is 0 Å². The van der Waals surface area contributed by atoms with E-state index in [2.05, 4.69) is 20.6 Å². The number of fused-ring (bicyclic) bond motifs is 4. The largest absolute Gasteiger partial charge is 0.357 e. The van der Waals surface area contributed by atoms with Gasteiger partial charge in [0.05, 0.1) is 17.8 Å². The van der Waals surface area contributed by atoms with Gasteiger partial charge in [-0.15, -0.1) is 0 Å². The predicted molar refractivity (Wildman–Crippen MR) is 159 cm³/mol. The van der Waals surface area contributed by atoms with Crippen LogP contribution >= 0.6 is 0 Å². The summed E-state index contributed by atoms with van der Waals surface area (Å²) in [6.07, 6.45) is 4.29. The van der Waals surface area contributed by atoms with Crippen molar-refractivity contribution in [1.29, 1.82) is 0 Å². The molecule has 13 heteroatoms. The summed E-state index contributed by atoms with van der Waals surface area (Å²) < 4.78 is 54.6. The van der Waals surface area contributed by atoms with E-state index in [4.69, 9.17) is 0 Å². The Morgan fingerprint density at radius 1 is 1.09 bits per heavy atom. The van der Waals surface area contributed by atoms with Gasteiger partial charge in [-0.2, -0.15) is 8.78 Å². The van der Waals surface area contributed by atoms with Crippen molar-refractivity contribution in [2.24, 2.45) is 0 Å². The Bertz CT molecular complexity index is 1890. The van der Waals surface area contributed by atoms with Crippen LogP contribution in [0.15, 0.2) is 67.0 Å². The second-order valence-electron chi connectivity index (χ2n) is 11.2. The molecule has 0 bridgehead atoms. The molecule has 3 heterocycles. The summed E-state index contributed by atoms with van der Waals surface area (Å²) in [5.74, 6) is -5.04. The molecule has 6 rings (SSSR count). The Labute approximate surface area is 251 Å². The SMILES string of the molecule is C[C@@H](NC(=O)[C@@H]1C[C@@H](S(C)(=O)=O)CN1C(=O)CNC(=O)c1ccc2c(c1)-c1ccccc1C2(F)F)c1cc2cnccc2[nH]1. The zero-order chi connectivity index (χ0) is 31.4. The number of carbonyl (C=O) groups is 3. The van der Waals surface area contributed by atoms with Crippen molar-refractivity contribution < 1.29 is 31.6 Å². The Balaban J connectivity index is 1.16. The molecule has 3 atom stereocenters. The van der Waals surface area contributed by atoms with Gasteiger partial charge in [-0.1, -0.05) is 30.3 Å². The van der Waals surface area contributed by atoms with Gasteiger partial charge in [0.2, 0.25) is 11.8 Å². The van der Waals surface area contributed by atoms with E-state index in [1.54, 1.807) is 37.5 Å². The van der Waals surface area contributed by atoms with Crippen molar-refractivity contribution in [3.8, 4) is 11.1 Å². The van der Waals surface area contributed by atoms with Crippen LogP contribution in [0.4, 0.5) is 8.78 Å². The molecule has 2 aromatic carbocycles. The number of alkyl halides is 2. The number of aromatic nitrogens is 2. The van der Waals surface area contributed by atoms with Crippen LogP contribution in [-0.4, -0.2) is 71.6 Å². The Hall–Kier alpha value is -4.65. The number of hydrogen-bond donors (Lipinski definition) is 3. The molecule has 3 N–H and O–H groups in total. The van der Waals surface area contributed by atoms with E-state index >= 15 is 0 Å². The standard InChI is InChI=1S/C31H29F2N5O5S/c1-17(26-12-19-14-34-10-9-25(19)37-26)36-30(41)27-13-20(44(2,42)43)16-38(27)28(39)15-35-29(40)18-7-8-24-22(11-18)21-5-3-4-6-23(21)31(24,32)33/h3-12,14,17,20,27,37H,13,15-16H2,1-2H3,(H,35,40)(H,36,41)/t17-,20-,27+/m1/s1. The molecule has 2 aromatic heterocycles. The lowest BCUT2D eigenvalue weighted by Crippen LogP contribution is -2.49. The maximum absolute atomic E-state index is 14.9. The van der Waals surface area contributed by atoms with Crippen molar-refractivity contribution in [3.05, 3.63) is 89.4 Å². The van der Waals surface area contributed by atoms with Crippen LogP contribution < -0.4 is 10.6 Å². The van der Waals surface area contributed by atoms with Gasteiger partial charge >= 0.3 is 0 Å². The van der Waals surface area contributed by atoms with Crippen LogP contribution in [0.3, 0.4) is 0 Å². The molecular weight excluding hydrogens is 592 g/mol. The molecule has 1 fully saturated rings. The number of sulfone groups is 1. The first-order valence-electron chi connectivity index (χ1n) is 14.0. The number of pyridine rings is 1. The third-order valence-electron chi connectivity index (χ3n) is 8.33. The molecule has 2 aliphatic rings. The number of H-pyrrole nitrogens is 1. The van der Waals surface area contributed by atoms with Crippen LogP contribution in [0.1, 0.15) is 46.6 Å². The molecule has 1 saturated heterocycles. The normalized spacial score (nSPS) is 19.3. The molecule has 0 saturated carbocycles. The molecule has 44 heavy (non-hydrogen) atoms. The van der Waals surface area contributed by atoms with E-state index in [9.17, 15) is 31.6 Å². The highest BCUT2D eigenvalue weighted by atomic mass is 32.2. The van der Waals surface area contributed by atoms with E-state index in [-0.39, 0.29) is 35.2 Å². The second kappa shape index (κ2) is 10.8. The molecule has 1 aliphatic carbocycles. The molecule has 0 spiro atoms. The van der Waals surface area contributed by atoms with Crippen LogP contribution in [0, 0.1) is 0 Å². The number of rotatable bonds is 7. The first-order chi connectivity index (χ1) is 20.8. The van der Waals surface area contributed by atoms with Crippen molar-refractivity contribution in [3.63, 3.8) is 0 Å². The van der Waals surface area contributed by atoms with Gasteiger partial charge in [-0.05, 0) is 48.7 Å². The van der Waals surface area contributed by atoms with Gasteiger partial charge in [0, 0.05) is 58.5 Å². The smallest absolute Gasteiger partial charge is 0.299 e. The lowest BCUT2D eigenvalue weighted by atomic mass is 10.0. The lowest BCUT2D eigenvalue weighted by Gasteiger charge is -2.25. The van der Waals surface area contributed by atoms with Gasteiger partial charge in [-0.25, -0.2) is 8.42 Å². The van der Waals surface area contributed by atoms with E-state index in [1.807, 2.05) is 6.07 Å². The number of amides is 3. The zero-order valence-corrected chi connectivity index (χ0v) is 24.6. The number of hydrogen-bond acceptors (Lipinski definition) is 6. The predicted octanol–water partition coefficient (Wildman–Crippen LogP) is 3.30. The van der Waals surface area contributed by atoms with Crippen LogP contribution in [0.25, 0.3) is 22.0 Å². The number of carbonyl (C=O) groups excluding carboxylic acids is 3. The molecule has 0 unspecified atom stereocenters. The quantitative estimate of drug-likeness (QED) is 0.289. The highest BCUT2D eigenvalue weighted by Crippen LogP contribution is 2.50. The third-order valence-corrected chi connectivity index (χ3v) is 9.89. The van der Waals surface area contributed by atoms with Gasteiger partial charge in [0.25, 0.3) is 11.8 Å². The first kappa shape index (κ1) is 29.4. The van der Waals surface area contributed by atoms with Crippen molar-refractivity contribution in [1.82, 2.24) is 25.5 Å². The molecule has 228 valence electrons. The molecule has 3 amide bonds. The maximum atomic E-state index is 14.9. The lowest BCUT2D eigenvalue weighted by molar-refractivity contribution is -0.137. The number of nitrogens with zero attached hydrogens (tertiary/aromatic N) is 2. The number of halogens is 2. The van der Waals surface area contributed by atoms with E-state index in [1.165, 1.54) is 35.2 Å². The van der Waals surface area contributed by atoms with E-state index in [0.717, 1.165) is 17.2 Å². The van der Waals surface area contributed by atoms with E-state index < -0.39 is 57.4 Å². The Morgan fingerprint density at radius 3 is 2.59 bits per heavy atom. The Kier molecular flexibility index (Phi) is 7.23. The number of aromatic amines is 1. The van der Waals surface area contributed by atoms with E-state index in [0.29, 0.717) is 11.3 Å². The summed E-state index contributed by atoms with van der Waals surface area (Å²) in [5, 5.41) is 5.26. The van der Waals surface area contributed by atoms with Crippen LogP contribution in [-0.2, 0) is 25.3 Å². The topological polar surface area (TPSA) is 141 Å². The second-order valence-corrected chi connectivity index (χ2v) is 13.6. The third kappa shape index (κ3) is 5.21. The van der Waals surface area contributed by atoms with Crippen molar-refractivity contribution in [2.75, 3.05) is 19.3 Å². The fraction of sp³-hybridized carbons (Fsp3) is 0.290. The highest BCUT2D eigenvalue weighted by Gasteiger charge is 2.45. The summed E-state index contributed by atoms with van der Waals surface area (Å²) in [6.45, 7) is 1.03. The maximum Gasteiger partial charge on any atom is 0.299 e. The minimum Gasteiger partial charge on any atom is -0.357 e. The van der Waals surface area contributed by atoms with Crippen molar-refractivity contribution in [2.45, 2.75) is 36.6 Å². The number of likely N-dealkylation sites (tertiary alicyclic amines) is 1. The Morgan fingerprint density at radius 2 is 1.84 bits per heavy atom. The first-order valence-corrected chi connectivity index (χ1v) is 15.9. The van der Waals surface area contributed by atoms with Gasteiger partial charge < -0.3 is 20.5 Å². The summed E-state index contributed by atoms with van der Waals surface area (Å²) >= 11 is 0. The highest BCUT2D eigenvalue weighted by molar-refractivity contribution is 7.91. The minimum absolute atomic E-state index is 0.0798. The average molecular weight is 622 g/mol. The molecule has 10 nitrogen and oxygen atoms in total. The number of nitrogens with one attached hydrogen (secondary N) is 3. The molecule has 0 radical (unpaired) electrons. The summed E-state index contributed by atoms with van der Waals surface area (Å²) in [6, 6.07) is 12.0. The van der Waals surface area contributed by atoms with Gasteiger partial charge in [0.1, 0.15) is 6.04 Å². The molecular formula is C31H29F2N5O5S. The fourth-order valence-electron chi connectivity index (χ4n) is 5.93. The average Bonchev–Trinajstić information content (AvgIpc) is 3.70.